The van der Waals surface area contributed by atoms with Crippen molar-refractivity contribution in [2.75, 3.05) is 17.3 Å². The van der Waals surface area contributed by atoms with Crippen LogP contribution in [0.4, 0.5) is 4.39 Å². The third kappa shape index (κ3) is 5.09. The molecular weight excluding hydrogens is 381 g/mol. The molecule has 2 unspecified atom stereocenters. The number of carbonyl (C=O) groups is 2. The van der Waals surface area contributed by atoms with Gasteiger partial charge in [0.1, 0.15) is 5.82 Å². The molecule has 1 heterocycles. The lowest BCUT2D eigenvalue weighted by Gasteiger charge is -2.16. The smallest absolute Gasteiger partial charge is 0.330 e. The van der Waals surface area contributed by atoms with Crippen molar-refractivity contribution in [3.05, 3.63) is 34.6 Å². The SMILES string of the molecule is O=C(CSC1CCS(=O)(=O)C1)NC(C(=O)O)c1ccc(Cl)c(F)c1. The summed E-state index contributed by atoms with van der Waals surface area (Å²) in [6.45, 7) is 0. The molecule has 1 fully saturated rings. The van der Waals surface area contributed by atoms with Crippen LogP contribution in [0.15, 0.2) is 18.2 Å². The maximum atomic E-state index is 13.5. The maximum absolute atomic E-state index is 13.5. The second-order valence-electron chi connectivity index (χ2n) is 5.35. The molecule has 0 aliphatic carbocycles. The van der Waals surface area contributed by atoms with Gasteiger partial charge in [-0.1, -0.05) is 17.7 Å². The van der Waals surface area contributed by atoms with Crippen molar-refractivity contribution < 1.29 is 27.5 Å². The van der Waals surface area contributed by atoms with Crippen LogP contribution in [-0.4, -0.2) is 47.9 Å². The van der Waals surface area contributed by atoms with E-state index in [4.69, 9.17) is 11.6 Å². The van der Waals surface area contributed by atoms with Gasteiger partial charge in [0.25, 0.3) is 0 Å². The number of thioether (sulfide) groups is 1. The van der Waals surface area contributed by atoms with E-state index in [1.807, 2.05) is 0 Å². The molecule has 1 saturated heterocycles. The number of rotatable bonds is 6. The molecule has 0 bridgehead atoms. The van der Waals surface area contributed by atoms with E-state index < -0.39 is 33.6 Å². The molecule has 132 valence electrons. The Bertz CT molecular complexity index is 756. The van der Waals surface area contributed by atoms with Gasteiger partial charge < -0.3 is 10.4 Å². The summed E-state index contributed by atoms with van der Waals surface area (Å²) in [4.78, 5) is 23.3. The highest BCUT2D eigenvalue weighted by molar-refractivity contribution is 8.02. The molecule has 24 heavy (non-hydrogen) atoms. The first-order chi connectivity index (χ1) is 11.2. The van der Waals surface area contributed by atoms with Crippen molar-refractivity contribution in [1.29, 1.82) is 0 Å². The van der Waals surface area contributed by atoms with Gasteiger partial charge >= 0.3 is 5.97 Å². The number of nitrogens with one attached hydrogen (secondary N) is 1. The minimum absolute atomic E-state index is 0.0235. The Morgan fingerprint density at radius 1 is 1.46 bits per heavy atom. The van der Waals surface area contributed by atoms with Gasteiger partial charge in [-0.05, 0) is 24.1 Å². The summed E-state index contributed by atoms with van der Waals surface area (Å²) in [5.41, 5.74) is 0.0613. The fourth-order valence-electron chi connectivity index (χ4n) is 2.27. The van der Waals surface area contributed by atoms with Crippen LogP contribution in [0.25, 0.3) is 0 Å². The monoisotopic (exact) mass is 395 g/mol. The second kappa shape index (κ2) is 7.71. The lowest BCUT2D eigenvalue weighted by Crippen LogP contribution is -2.35. The molecule has 2 rings (SSSR count). The molecule has 2 atom stereocenters. The summed E-state index contributed by atoms with van der Waals surface area (Å²) in [6.07, 6.45) is 0.477. The minimum Gasteiger partial charge on any atom is -0.479 e. The molecule has 10 heteroatoms. The largest absolute Gasteiger partial charge is 0.479 e. The molecule has 0 spiro atoms. The molecule has 1 aromatic carbocycles. The maximum Gasteiger partial charge on any atom is 0.330 e. The molecule has 0 saturated carbocycles. The van der Waals surface area contributed by atoms with Crippen molar-refractivity contribution in [3.8, 4) is 0 Å². The van der Waals surface area contributed by atoms with Crippen LogP contribution in [0, 0.1) is 5.82 Å². The molecule has 0 radical (unpaired) electrons. The summed E-state index contributed by atoms with van der Waals surface area (Å²) in [7, 11) is -3.03. The number of sulfone groups is 1. The molecule has 1 amide bonds. The number of hydrogen-bond acceptors (Lipinski definition) is 5. The van der Waals surface area contributed by atoms with Crippen LogP contribution in [0.2, 0.25) is 5.02 Å². The number of amides is 1. The van der Waals surface area contributed by atoms with Crippen LogP contribution in [0.1, 0.15) is 18.0 Å². The highest BCUT2D eigenvalue weighted by Gasteiger charge is 2.29. The average Bonchev–Trinajstić information content (AvgIpc) is 2.84. The van der Waals surface area contributed by atoms with Crippen molar-refractivity contribution in [1.82, 2.24) is 5.32 Å². The highest BCUT2D eigenvalue weighted by Crippen LogP contribution is 2.25. The van der Waals surface area contributed by atoms with Crippen molar-refractivity contribution >= 4 is 45.1 Å². The van der Waals surface area contributed by atoms with Gasteiger partial charge in [0.15, 0.2) is 15.9 Å². The summed E-state index contributed by atoms with van der Waals surface area (Å²) < 4.78 is 36.2. The highest BCUT2D eigenvalue weighted by atomic mass is 35.5. The van der Waals surface area contributed by atoms with E-state index in [2.05, 4.69) is 5.32 Å². The first-order valence-electron chi connectivity index (χ1n) is 6.97. The lowest BCUT2D eigenvalue weighted by molar-refractivity contribution is -0.141. The molecule has 6 nitrogen and oxygen atoms in total. The Morgan fingerprint density at radius 3 is 2.71 bits per heavy atom. The van der Waals surface area contributed by atoms with E-state index in [1.165, 1.54) is 23.9 Å². The summed E-state index contributed by atoms with van der Waals surface area (Å²) in [6, 6.07) is 2.09. The van der Waals surface area contributed by atoms with E-state index in [9.17, 15) is 27.5 Å². The van der Waals surface area contributed by atoms with E-state index in [1.54, 1.807) is 0 Å². The third-order valence-corrected chi connectivity index (χ3v) is 7.06. The molecule has 0 aromatic heterocycles. The van der Waals surface area contributed by atoms with Gasteiger partial charge in [0, 0.05) is 5.25 Å². The minimum atomic E-state index is -3.03. The van der Waals surface area contributed by atoms with Gasteiger partial charge in [0.05, 0.1) is 22.3 Å². The quantitative estimate of drug-likeness (QED) is 0.759. The Morgan fingerprint density at radius 2 is 2.17 bits per heavy atom. The number of aliphatic carboxylic acids is 1. The predicted octanol–water partition coefficient (Wildman–Crippen LogP) is 1.64. The zero-order valence-corrected chi connectivity index (χ0v) is 14.8. The van der Waals surface area contributed by atoms with Crippen LogP contribution in [0.3, 0.4) is 0 Å². The summed E-state index contributed by atoms with van der Waals surface area (Å²) in [5, 5.41) is 11.2. The molecule has 1 aromatic rings. The van der Waals surface area contributed by atoms with Crippen molar-refractivity contribution in [2.45, 2.75) is 17.7 Å². The average molecular weight is 396 g/mol. The fourth-order valence-corrected chi connectivity index (χ4v) is 5.84. The topological polar surface area (TPSA) is 101 Å². The number of carboxylic acid groups (broad SMARTS) is 1. The zero-order chi connectivity index (χ0) is 17.9. The zero-order valence-electron chi connectivity index (χ0n) is 12.4. The van der Waals surface area contributed by atoms with Gasteiger partial charge in [-0.2, -0.15) is 0 Å². The fraction of sp³-hybridized carbons (Fsp3) is 0.429. The Balaban J connectivity index is 1.96. The van der Waals surface area contributed by atoms with E-state index in [0.717, 1.165) is 6.07 Å². The lowest BCUT2D eigenvalue weighted by atomic mass is 10.1. The number of carboxylic acids is 1. The summed E-state index contributed by atoms with van der Waals surface area (Å²) >= 11 is 6.72. The first kappa shape index (κ1) is 19.0. The van der Waals surface area contributed by atoms with E-state index in [0.29, 0.717) is 6.42 Å². The normalized spacial score (nSPS) is 20.5. The standard InChI is InChI=1S/C14H15ClFNO5S2/c15-10-2-1-8(5-11(10)16)13(14(19)20)17-12(18)6-23-9-3-4-24(21,22)7-9/h1-2,5,9,13H,3-4,6-7H2,(H,17,18)(H,19,20). The predicted molar refractivity (Wildman–Crippen MR) is 89.4 cm³/mol. The Kier molecular flexibility index (Phi) is 6.11. The van der Waals surface area contributed by atoms with Crippen LogP contribution < -0.4 is 5.32 Å². The van der Waals surface area contributed by atoms with Gasteiger partial charge in [-0.25, -0.2) is 17.6 Å². The molecule has 1 aliphatic rings. The van der Waals surface area contributed by atoms with Gasteiger partial charge in [-0.15, -0.1) is 11.8 Å². The van der Waals surface area contributed by atoms with Crippen LogP contribution >= 0.6 is 23.4 Å². The molecular formula is C14H15ClFNO5S2. The number of halogens is 2. The first-order valence-corrected chi connectivity index (χ1v) is 10.2. The number of carbonyl (C=O) groups excluding carboxylic acids is 1. The summed E-state index contributed by atoms with van der Waals surface area (Å²) in [5.74, 6) is -2.62. The van der Waals surface area contributed by atoms with E-state index in [-0.39, 0.29) is 33.1 Å². The van der Waals surface area contributed by atoms with Crippen LogP contribution in [-0.2, 0) is 19.4 Å². The Hall–Kier alpha value is -1.32. The van der Waals surface area contributed by atoms with Crippen molar-refractivity contribution in [3.63, 3.8) is 0 Å². The van der Waals surface area contributed by atoms with Crippen LogP contribution in [0.5, 0.6) is 0 Å². The van der Waals surface area contributed by atoms with Gasteiger partial charge in [-0.3, -0.25) is 4.79 Å². The number of benzene rings is 1. The molecule has 1 aliphatic heterocycles. The van der Waals surface area contributed by atoms with Gasteiger partial charge in [0.2, 0.25) is 5.91 Å². The van der Waals surface area contributed by atoms with Crippen molar-refractivity contribution in [2.24, 2.45) is 0 Å². The van der Waals surface area contributed by atoms with E-state index >= 15 is 0 Å². The third-order valence-electron chi connectivity index (χ3n) is 3.47. The Labute approximate surface area is 147 Å². The second-order valence-corrected chi connectivity index (χ2v) is 9.27. The number of hydrogen-bond donors (Lipinski definition) is 2. The molecule has 2 N–H and O–H groups in total.